The smallest absolute Gasteiger partial charge is 0.283 e. The summed E-state index contributed by atoms with van der Waals surface area (Å²) in [5.74, 6) is 0.611. The lowest BCUT2D eigenvalue weighted by molar-refractivity contribution is 0.457. The minimum atomic E-state index is -0.0530. The highest BCUT2D eigenvalue weighted by Crippen LogP contribution is 2.68. The fraction of sp³-hybridized carbons (Fsp3) is 0.750. The molecule has 118 valence electrons. The standard InChI is InChI=1S/C16H26BrN3O/c1-6-7-8-20-14(21)13(17)11(9-19-20)18-10-12-15(2,3)16(12,4)5/h9,12,18H,6-8,10H2,1-5H3. The van der Waals surface area contributed by atoms with Gasteiger partial charge in [0.25, 0.3) is 5.56 Å². The van der Waals surface area contributed by atoms with Crippen LogP contribution >= 0.6 is 15.9 Å². The van der Waals surface area contributed by atoms with Crippen LogP contribution in [0.2, 0.25) is 0 Å². The van der Waals surface area contributed by atoms with Crippen molar-refractivity contribution in [1.29, 1.82) is 0 Å². The van der Waals surface area contributed by atoms with Crippen molar-refractivity contribution in [3.63, 3.8) is 0 Å². The molecule has 0 bridgehead atoms. The molecule has 0 radical (unpaired) electrons. The van der Waals surface area contributed by atoms with Gasteiger partial charge in [-0.3, -0.25) is 4.79 Å². The van der Waals surface area contributed by atoms with Crippen molar-refractivity contribution in [3.05, 3.63) is 21.0 Å². The van der Waals surface area contributed by atoms with E-state index in [1.807, 2.05) is 0 Å². The van der Waals surface area contributed by atoms with Gasteiger partial charge >= 0.3 is 0 Å². The minimum Gasteiger partial charge on any atom is -0.382 e. The van der Waals surface area contributed by atoms with Gasteiger partial charge in [-0.15, -0.1) is 0 Å². The summed E-state index contributed by atoms with van der Waals surface area (Å²) < 4.78 is 2.12. The molecule has 5 heteroatoms. The zero-order valence-electron chi connectivity index (χ0n) is 13.7. The monoisotopic (exact) mass is 355 g/mol. The van der Waals surface area contributed by atoms with Crippen LogP contribution in [0.5, 0.6) is 0 Å². The Hall–Kier alpha value is -0.840. The molecule has 0 aliphatic heterocycles. The number of rotatable bonds is 6. The lowest BCUT2D eigenvalue weighted by Crippen LogP contribution is -2.25. The van der Waals surface area contributed by atoms with Gasteiger partial charge in [-0.2, -0.15) is 5.10 Å². The van der Waals surface area contributed by atoms with Crippen LogP contribution in [-0.4, -0.2) is 16.3 Å². The second-order valence-electron chi connectivity index (χ2n) is 7.13. The highest BCUT2D eigenvalue weighted by molar-refractivity contribution is 9.10. The number of hydrogen-bond donors (Lipinski definition) is 1. The van der Waals surface area contributed by atoms with E-state index in [1.54, 1.807) is 6.20 Å². The molecule has 0 unspecified atom stereocenters. The average Bonchev–Trinajstić information content (AvgIpc) is 2.81. The number of aryl methyl sites for hydroxylation is 1. The highest BCUT2D eigenvalue weighted by Gasteiger charge is 2.64. The van der Waals surface area contributed by atoms with Crippen molar-refractivity contribution in [2.24, 2.45) is 16.7 Å². The third-order valence-corrected chi connectivity index (χ3v) is 6.29. The molecule has 0 saturated heterocycles. The highest BCUT2D eigenvalue weighted by atomic mass is 79.9. The predicted octanol–water partition coefficient (Wildman–Crippen LogP) is 3.90. The molecule has 1 aromatic heterocycles. The van der Waals surface area contributed by atoms with E-state index < -0.39 is 0 Å². The summed E-state index contributed by atoms with van der Waals surface area (Å²) >= 11 is 3.41. The van der Waals surface area contributed by atoms with Crippen LogP contribution in [0, 0.1) is 16.7 Å². The van der Waals surface area contributed by atoms with Crippen molar-refractivity contribution >= 4 is 21.6 Å². The normalized spacial score (nSPS) is 19.5. The van der Waals surface area contributed by atoms with E-state index in [9.17, 15) is 4.79 Å². The molecule has 0 amide bonds. The molecule has 1 aromatic rings. The summed E-state index contributed by atoms with van der Waals surface area (Å²) in [5.41, 5.74) is 1.43. The zero-order valence-corrected chi connectivity index (χ0v) is 15.2. The zero-order chi connectivity index (χ0) is 15.8. The molecule has 0 spiro atoms. The second kappa shape index (κ2) is 5.75. The maximum Gasteiger partial charge on any atom is 0.283 e. The molecular weight excluding hydrogens is 330 g/mol. The summed E-state index contributed by atoms with van der Waals surface area (Å²) in [6, 6.07) is 0. The summed E-state index contributed by atoms with van der Waals surface area (Å²) in [5, 5.41) is 7.65. The van der Waals surface area contributed by atoms with Crippen LogP contribution < -0.4 is 10.9 Å². The first-order valence-corrected chi connectivity index (χ1v) is 8.52. The number of anilines is 1. The first kappa shape index (κ1) is 16.5. The van der Waals surface area contributed by atoms with Gasteiger partial charge in [0.05, 0.1) is 11.9 Å². The molecule has 0 atom stereocenters. The summed E-state index contributed by atoms with van der Waals surface area (Å²) in [7, 11) is 0. The van der Waals surface area contributed by atoms with Gasteiger partial charge in [-0.05, 0) is 39.1 Å². The second-order valence-corrected chi connectivity index (χ2v) is 7.92. The van der Waals surface area contributed by atoms with Gasteiger partial charge in [0.1, 0.15) is 4.47 Å². The molecule has 1 saturated carbocycles. The molecule has 1 aliphatic carbocycles. The Bertz CT molecular complexity index is 563. The quantitative estimate of drug-likeness (QED) is 0.841. The van der Waals surface area contributed by atoms with Gasteiger partial charge in [-0.1, -0.05) is 41.0 Å². The Balaban J connectivity index is 2.06. The third kappa shape index (κ3) is 2.89. The summed E-state index contributed by atoms with van der Waals surface area (Å²) in [6.45, 7) is 12.9. The van der Waals surface area contributed by atoms with Gasteiger partial charge in [0.15, 0.2) is 0 Å². The number of aromatic nitrogens is 2. The van der Waals surface area contributed by atoms with E-state index in [2.05, 4.69) is 61.0 Å². The van der Waals surface area contributed by atoms with Crippen molar-refractivity contribution < 1.29 is 0 Å². The van der Waals surface area contributed by atoms with Crippen molar-refractivity contribution in [3.8, 4) is 0 Å². The van der Waals surface area contributed by atoms with E-state index in [1.165, 1.54) is 4.68 Å². The molecule has 21 heavy (non-hydrogen) atoms. The minimum absolute atomic E-state index is 0.0530. The van der Waals surface area contributed by atoms with Crippen molar-refractivity contribution in [2.45, 2.75) is 54.0 Å². The van der Waals surface area contributed by atoms with Gasteiger partial charge < -0.3 is 5.32 Å². The molecule has 0 aromatic carbocycles. The number of halogens is 1. The lowest BCUT2D eigenvalue weighted by atomic mass is 10.0. The van der Waals surface area contributed by atoms with Gasteiger partial charge in [0, 0.05) is 13.1 Å². The topological polar surface area (TPSA) is 46.9 Å². The fourth-order valence-corrected chi connectivity index (χ4v) is 3.56. The first-order chi connectivity index (χ1) is 9.73. The Morgan fingerprint density at radius 1 is 1.33 bits per heavy atom. The van der Waals surface area contributed by atoms with E-state index in [4.69, 9.17) is 0 Å². The molecule has 2 rings (SSSR count). The van der Waals surface area contributed by atoms with Gasteiger partial charge in [-0.25, -0.2) is 4.68 Å². The lowest BCUT2D eigenvalue weighted by Gasteiger charge is -2.11. The van der Waals surface area contributed by atoms with Gasteiger partial charge in [0.2, 0.25) is 0 Å². The molecule has 1 fully saturated rings. The molecular formula is C16H26BrN3O. The Morgan fingerprint density at radius 3 is 2.48 bits per heavy atom. The van der Waals surface area contributed by atoms with E-state index in [0.29, 0.717) is 27.8 Å². The predicted molar refractivity (Wildman–Crippen MR) is 90.6 cm³/mol. The largest absolute Gasteiger partial charge is 0.382 e. The number of nitrogens with zero attached hydrogens (tertiary/aromatic N) is 2. The molecule has 1 aliphatic rings. The Kier molecular flexibility index (Phi) is 4.52. The summed E-state index contributed by atoms with van der Waals surface area (Å²) in [4.78, 5) is 12.2. The van der Waals surface area contributed by atoms with Crippen LogP contribution in [-0.2, 0) is 6.54 Å². The van der Waals surface area contributed by atoms with Crippen LogP contribution in [0.1, 0.15) is 47.5 Å². The third-order valence-electron chi connectivity index (χ3n) is 5.52. The van der Waals surface area contributed by atoms with E-state index in [0.717, 1.165) is 25.1 Å². The number of nitrogens with one attached hydrogen (secondary N) is 1. The van der Waals surface area contributed by atoms with E-state index >= 15 is 0 Å². The SMILES string of the molecule is CCCCn1ncc(NCC2C(C)(C)C2(C)C)c(Br)c1=O. The Morgan fingerprint density at radius 2 is 1.95 bits per heavy atom. The summed E-state index contributed by atoms with van der Waals surface area (Å²) in [6.07, 6.45) is 3.78. The molecule has 1 N–H and O–H groups in total. The number of unbranched alkanes of at least 4 members (excludes halogenated alkanes) is 1. The molecule has 4 nitrogen and oxygen atoms in total. The van der Waals surface area contributed by atoms with Crippen molar-refractivity contribution in [1.82, 2.24) is 9.78 Å². The maximum absolute atomic E-state index is 12.2. The van der Waals surface area contributed by atoms with Crippen LogP contribution in [0.25, 0.3) is 0 Å². The average molecular weight is 356 g/mol. The Labute approximate surface area is 135 Å². The van der Waals surface area contributed by atoms with Crippen LogP contribution in [0.4, 0.5) is 5.69 Å². The molecule has 1 heterocycles. The van der Waals surface area contributed by atoms with E-state index in [-0.39, 0.29) is 5.56 Å². The number of hydrogen-bond acceptors (Lipinski definition) is 3. The fourth-order valence-electron chi connectivity index (χ4n) is 3.11. The van der Waals surface area contributed by atoms with Crippen LogP contribution in [0.15, 0.2) is 15.5 Å². The van der Waals surface area contributed by atoms with Crippen molar-refractivity contribution in [2.75, 3.05) is 11.9 Å². The van der Waals surface area contributed by atoms with Crippen LogP contribution in [0.3, 0.4) is 0 Å². The maximum atomic E-state index is 12.2. The first-order valence-electron chi connectivity index (χ1n) is 7.73.